The number of rotatable bonds is 14. The van der Waals surface area contributed by atoms with Gasteiger partial charge in [-0.3, -0.25) is 14.4 Å². The number of carboxylic acids is 1. The average Bonchev–Trinajstić information content (AvgIpc) is 2.87. The lowest BCUT2D eigenvalue weighted by Gasteiger charge is -2.23. The van der Waals surface area contributed by atoms with Crippen molar-refractivity contribution in [3.8, 4) is 0 Å². The molecule has 1 aliphatic carbocycles. The van der Waals surface area contributed by atoms with E-state index < -0.39 is 42.0 Å². The fourth-order valence-electron chi connectivity index (χ4n) is 3.95. The first-order chi connectivity index (χ1) is 13.1. The van der Waals surface area contributed by atoms with Gasteiger partial charge in [-0.15, -0.1) is 0 Å². The van der Waals surface area contributed by atoms with Crippen LogP contribution in [0.3, 0.4) is 0 Å². The van der Waals surface area contributed by atoms with Gasteiger partial charge in [-0.05, 0) is 31.1 Å². The Bertz CT molecular complexity index is 535. The van der Waals surface area contributed by atoms with Crippen LogP contribution in [0.5, 0.6) is 0 Å². The summed E-state index contributed by atoms with van der Waals surface area (Å²) in [7, 11) is 0. The quantitative estimate of drug-likeness (QED) is 0.419. The summed E-state index contributed by atoms with van der Waals surface area (Å²) in [5, 5.41) is 18.8. The second kappa shape index (κ2) is 11.6. The van der Waals surface area contributed by atoms with Crippen molar-refractivity contribution in [2.75, 3.05) is 0 Å². The van der Waals surface area contributed by atoms with Crippen molar-refractivity contribution in [3.05, 3.63) is 0 Å². The molecule has 4 atom stereocenters. The van der Waals surface area contributed by atoms with Gasteiger partial charge in [0, 0.05) is 31.6 Å². The van der Waals surface area contributed by atoms with Gasteiger partial charge in [0.1, 0.15) is 5.78 Å². The number of unbranched alkanes of at least 4 members (excludes halogenated alkanes) is 3. The Morgan fingerprint density at radius 1 is 1.14 bits per heavy atom. The number of halogens is 2. The number of Topliss-reactive ketones (excluding diaryl/α,β-unsaturated/α-hetero) is 2. The van der Waals surface area contributed by atoms with E-state index in [2.05, 4.69) is 0 Å². The fourth-order valence-corrected chi connectivity index (χ4v) is 3.95. The molecule has 1 unspecified atom stereocenters. The number of carbonyl (C=O) groups excluding carboxylic acids is 2. The number of aliphatic hydroxyl groups excluding tert-OH is 1. The molecule has 0 saturated heterocycles. The van der Waals surface area contributed by atoms with Crippen molar-refractivity contribution < 1.29 is 33.4 Å². The van der Waals surface area contributed by atoms with Crippen LogP contribution in [0.15, 0.2) is 0 Å². The summed E-state index contributed by atoms with van der Waals surface area (Å²) in [5.41, 5.74) is 0. The maximum absolute atomic E-state index is 14.1. The van der Waals surface area contributed by atoms with Crippen LogP contribution in [0.2, 0.25) is 0 Å². The molecule has 0 bridgehead atoms. The number of hydrogen-bond acceptors (Lipinski definition) is 4. The predicted molar refractivity (Wildman–Crippen MR) is 101 cm³/mol. The summed E-state index contributed by atoms with van der Waals surface area (Å²) >= 11 is 0. The summed E-state index contributed by atoms with van der Waals surface area (Å²) in [6.45, 7) is 3.49. The number of aliphatic hydroxyl groups is 1. The highest BCUT2D eigenvalue weighted by Gasteiger charge is 2.43. The lowest BCUT2D eigenvalue weighted by Crippen LogP contribution is -2.32. The lowest BCUT2D eigenvalue weighted by molar-refractivity contribution is -0.146. The van der Waals surface area contributed by atoms with E-state index in [1.54, 1.807) is 13.8 Å². The maximum atomic E-state index is 14.1. The molecule has 0 aromatic rings. The van der Waals surface area contributed by atoms with Crippen molar-refractivity contribution in [1.82, 2.24) is 0 Å². The predicted octanol–water partition coefficient (Wildman–Crippen LogP) is 4.40. The fraction of sp³-hybridized carbons (Fsp3) is 0.857. The number of carbonyl (C=O) groups is 3. The van der Waals surface area contributed by atoms with Crippen molar-refractivity contribution >= 4 is 17.5 Å². The molecular weight excluding hydrogens is 370 g/mol. The van der Waals surface area contributed by atoms with Crippen LogP contribution in [0.1, 0.15) is 84.5 Å². The van der Waals surface area contributed by atoms with E-state index >= 15 is 0 Å². The van der Waals surface area contributed by atoms with Crippen LogP contribution in [0, 0.1) is 17.8 Å². The highest BCUT2D eigenvalue weighted by molar-refractivity contribution is 5.86. The summed E-state index contributed by atoms with van der Waals surface area (Å²) in [6, 6.07) is 0. The van der Waals surface area contributed by atoms with Gasteiger partial charge in [-0.25, -0.2) is 0 Å². The van der Waals surface area contributed by atoms with E-state index in [0.717, 1.165) is 19.3 Å². The molecule has 1 fully saturated rings. The summed E-state index contributed by atoms with van der Waals surface area (Å²) in [6.07, 6.45) is 2.54. The Balaban J connectivity index is 2.49. The first kappa shape index (κ1) is 24.7. The minimum atomic E-state index is -3.36. The average molecular weight is 404 g/mol. The molecule has 0 heterocycles. The normalized spacial score (nSPS) is 23.8. The van der Waals surface area contributed by atoms with E-state index in [-0.39, 0.29) is 37.4 Å². The minimum absolute atomic E-state index is 0.0196. The third-order valence-corrected chi connectivity index (χ3v) is 5.91. The smallest absolute Gasteiger partial charge is 0.305 e. The van der Waals surface area contributed by atoms with Crippen molar-refractivity contribution in [2.24, 2.45) is 17.8 Å². The third kappa shape index (κ3) is 7.94. The van der Waals surface area contributed by atoms with Crippen LogP contribution >= 0.6 is 0 Å². The van der Waals surface area contributed by atoms with Crippen molar-refractivity contribution in [1.29, 1.82) is 0 Å². The molecule has 1 aliphatic rings. The van der Waals surface area contributed by atoms with Gasteiger partial charge in [0.05, 0.1) is 6.10 Å². The topological polar surface area (TPSA) is 91.7 Å². The molecule has 0 radical (unpaired) electrons. The zero-order chi connectivity index (χ0) is 21.3. The van der Waals surface area contributed by atoms with Gasteiger partial charge < -0.3 is 10.2 Å². The molecule has 0 amide bonds. The molecule has 28 heavy (non-hydrogen) atoms. The van der Waals surface area contributed by atoms with E-state index in [4.69, 9.17) is 5.11 Å². The standard InChI is InChI=1S/C21H34F2O5/c1-3-14(2)13-21(22,23)19(26)11-10-16-15(17(24)12-18(16)25)8-6-4-5-7-9-20(27)28/h14-16,18,25H,3-13H2,1-2H3,(H,27,28)/t14?,15-,16-,18-/m1/s1. The highest BCUT2D eigenvalue weighted by Crippen LogP contribution is 2.37. The molecular formula is C21H34F2O5. The Hall–Kier alpha value is -1.37. The Morgan fingerprint density at radius 2 is 1.79 bits per heavy atom. The van der Waals surface area contributed by atoms with Gasteiger partial charge in [-0.1, -0.05) is 39.5 Å². The van der Waals surface area contributed by atoms with Crippen LogP contribution in [0.4, 0.5) is 8.78 Å². The van der Waals surface area contributed by atoms with Gasteiger partial charge in [0.2, 0.25) is 5.78 Å². The second-order valence-corrected chi connectivity index (χ2v) is 8.24. The Morgan fingerprint density at radius 3 is 2.39 bits per heavy atom. The second-order valence-electron chi connectivity index (χ2n) is 8.24. The van der Waals surface area contributed by atoms with Crippen molar-refractivity contribution in [2.45, 2.75) is 96.5 Å². The van der Waals surface area contributed by atoms with Gasteiger partial charge in [0.15, 0.2) is 0 Å². The molecule has 7 heteroatoms. The first-order valence-electron chi connectivity index (χ1n) is 10.4. The van der Waals surface area contributed by atoms with Crippen LogP contribution in [-0.4, -0.2) is 39.8 Å². The first-order valence-corrected chi connectivity index (χ1v) is 10.4. The minimum Gasteiger partial charge on any atom is -0.481 e. The van der Waals surface area contributed by atoms with Crippen LogP contribution < -0.4 is 0 Å². The highest BCUT2D eigenvalue weighted by atomic mass is 19.3. The number of ketones is 2. The van der Waals surface area contributed by atoms with Crippen LogP contribution in [-0.2, 0) is 14.4 Å². The van der Waals surface area contributed by atoms with Gasteiger partial charge >= 0.3 is 11.9 Å². The summed E-state index contributed by atoms with van der Waals surface area (Å²) in [4.78, 5) is 34.6. The summed E-state index contributed by atoms with van der Waals surface area (Å²) in [5.74, 6) is -6.45. The van der Waals surface area contributed by atoms with E-state index in [1.165, 1.54) is 0 Å². The molecule has 0 aromatic heterocycles. The Kier molecular flexibility index (Phi) is 10.2. The monoisotopic (exact) mass is 404 g/mol. The molecule has 0 spiro atoms. The molecule has 162 valence electrons. The maximum Gasteiger partial charge on any atom is 0.305 e. The van der Waals surface area contributed by atoms with Gasteiger partial charge in [0.25, 0.3) is 0 Å². The molecule has 0 aromatic carbocycles. The molecule has 1 rings (SSSR count). The van der Waals surface area contributed by atoms with E-state index in [1.807, 2.05) is 0 Å². The molecule has 2 N–H and O–H groups in total. The zero-order valence-corrected chi connectivity index (χ0v) is 17.0. The molecule has 5 nitrogen and oxygen atoms in total. The number of alkyl halides is 2. The van der Waals surface area contributed by atoms with E-state index in [9.17, 15) is 28.3 Å². The largest absolute Gasteiger partial charge is 0.481 e. The number of aliphatic carboxylic acids is 1. The van der Waals surface area contributed by atoms with E-state index in [0.29, 0.717) is 19.3 Å². The SMILES string of the molecule is CCC(C)CC(F)(F)C(=O)CC[C@H]1[C@H](O)CC(=O)[C@@H]1CCCCCCC(=O)O. The number of hydrogen-bond donors (Lipinski definition) is 2. The zero-order valence-electron chi connectivity index (χ0n) is 17.0. The van der Waals surface area contributed by atoms with Gasteiger partial charge in [-0.2, -0.15) is 8.78 Å². The van der Waals surface area contributed by atoms with Crippen molar-refractivity contribution in [3.63, 3.8) is 0 Å². The van der Waals surface area contributed by atoms with Crippen LogP contribution in [0.25, 0.3) is 0 Å². The summed E-state index contributed by atoms with van der Waals surface area (Å²) < 4.78 is 28.1. The molecule has 1 saturated carbocycles. The third-order valence-electron chi connectivity index (χ3n) is 5.91. The number of carboxylic acid groups (broad SMARTS) is 1. The lowest BCUT2D eigenvalue weighted by atomic mass is 9.84. The Labute approximate surface area is 165 Å². The molecule has 0 aliphatic heterocycles.